The zero-order valence-corrected chi connectivity index (χ0v) is 16.2. The quantitative estimate of drug-likeness (QED) is 0.507. The summed E-state index contributed by atoms with van der Waals surface area (Å²) in [5, 5.41) is 4.08. The first-order valence-electron chi connectivity index (χ1n) is 9.40. The van der Waals surface area contributed by atoms with Gasteiger partial charge >= 0.3 is 0 Å². The van der Waals surface area contributed by atoms with Gasteiger partial charge in [0.2, 0.25) is 18.5 Å². The van der Waals surface area contributed by atoms with Crippen molar-refractivity contribution in [3.05, 3.63) is 66.9 Å². The smallest absolute Gasteiger partial charge is 0.274 e. The van der Waals surface area contributed by atoms with E-state index < -0.39 is 0 Å². The van der Waals surface area contributed by atoms with E-state index in [2.05, 4.69) is 10.1 Å². The van der Waals surface area contributed by atoms with Gasteiger partial charge in [0.05, 0.1) is 0 Å². The Hall–Kier alpha value is -4.07. The molecule has 0 spiro atoms. The van der Waals surface area contributed by atoms with Crippen LogP contribution >= 0.6 is 0 Å². The van der Waals surface area contributed by atoms with Crippen LogP contribution in [-0.2, 0) is 11.3 Å². The van der Waals surface area contributed by atoms with Crippen LogP contribution in [0.15, 0.2) is 71.4 Å². The molecular formula is C22H18N4O4. The number of anilines is 1. The number of carbonyl (C=O) groups is 1. The predicted molar refractivity (Wildman–Crippen MR) is 109 cm³/mol. The van der Waals surface area contributed by atoms with E-state index in [0.29, 0.717) is 28.9 Å². The fraction of sp³-hybridized carbons (Fsp3) is 0.136. The monoisotopic (exact) mass is 402 g/mol. The number of carbonyl (C=O) groups excluding carboxylic acids is 1. The summed E-state index contributed by atoms with van der Waals surface area (Å²) in [5.74, 6) is 2.05. The van der Waals surface area contributed by atoms with E-state index in [9.17, 15) is 4.79 Å². The van der Waals surface area contributed by atoms with E-state index in [1.165, 1.54) is 0 Å². The van der Waals surface area contributed by atoms with Crippen LogP contribution in [0.3, 0.4) is 0 Å². The molecule has 5 rings (SSSR count). The molecule has 2 aromatic heterocycles. The maximum Gasteiger partial charge on any atom is 0.274 e. The normalized spacial score (nSPS) is 12.2. The average molecular weight is 402 g/mol. The molecule has 2 aromatic carbocycles. The second-order valence-electron chi connectivity index (χ2n) is 6.80. The lowest BCUT2D eigenvalue weighted by Gasteiger charge is -2.18. The molecule has 150 valence electrons. The van der Waals surface area contributed by atoms with Crippen molar-refractivity contribution in [1.82, 2.24) is 14.7 Å². The highest BCUT2D eigenvalue weighted by Crippen LogP contribution is 2.35. The summed E-state index contributed by atoms with van der Waals surface area (Å²) in [4.78, 5) is 18.9. The van der Waals surface area contributed by atoms with E-state index in [1.54, 1.807) is 16.5 Å². The zero-order valence-electron chi connectivity index (χ0n) is 16.2. The van der Waals surface area contributed by atoms with Crippen LogP contribution < -0.4 is 14.4 Å². The van der Waals surface area contributed by atoms with E-state index in [-0.39, 0.29) is 19.2 Å². The minimum atomic E-state index is -0.0610. The number of aromatic nitrogens is 3. The number of benzene rings is 2. The van der Waals surface area contributed by atoms with Crippen molar-refractivity contribution in [2.75, 3.05) is 18.7 Å². The minimum absolute atomic E-state index is 0.0610. The summed E-state index contributed by atoms with van der Waals surface area (Å²) in [6.07, 6.45) is 1.82. The van der Waals surface area contributed by atoms with Gasteiger partial charge in [-0.15, -0.1) is 0 Å². The number of ether oxygens (including phenoxy) is 2. The summed E-state index contributed by atoms with van der Waals surface area (Å²) in [6.45, 7) is 0.352. The Morgan fingerprint density at radius 2 is 1.90 bits per heavy atom. The average Bonchev–Trinajstić information content (AvgIpc) is 3.53. The minimum Gasteiger partial charge on any atom is -0.454 e. The van der Waals surface area contributed by atoms with Crippen molar-refractivity contribution in [3.8, 4) is 34.5 Å². The van der Waals surface area contributed by atoms with Gasteiger partial charge < -0.3 is 23.5 Å². The number of nitrogens with zero attached hydrogens (tertiary/aromatic N) is 4. The molecule has 0 radical (unpaired) electrons. The first-order chi connectivity index (χ1) is 14.7. The molecule has 1 aliphatic heterocycles. The van der Waals surface area contributed by atoms with Crippen LogP contribution in [0.2, 0.25) is 0 Å². The Morgan fingerprint density at radius 3 is 2.77 bits per heavy atom. The van der Waals surface area contributed by atoms with Crippen molar-refractivity contribution in [2.45, 2.75) is 6.54 Å². The third-order valence-corrected chi connectivity index (χ3v) is 4.93. The van der Waals surface area contributed by atoms with Crippen molar-refractivity contribution in [2.24, 2.45) is 0 Å². The molecule has 3 heterocycles. The molecule has 1 amide bonds. The Labute approximate surface area is 172 Å². The van der Waals surface area contributed by atoms with Gasteiger partial charge in [0.15, 0.2) is 11.5 Å². The molecule has 0 unspecified atom stereocenters. The summed E-state index contributed by atoms with van der Waals surface area (Å²) in [5.41, 5.74) is 2.26. The lowest BCUT2D eigenvalue weighted by molar-refractivity contribution is -0.118. The molecule has 0 bridgehead atoms. The number of hydrogen-bond acceptors (Lipinski definition) is 6. The van der Waals surface area contributed by atoms with E-state index in [0.717, 1.165) is 11.3 Å². The number of amides is 1. The van der Waals surface area contributed by atoms with Crippen LogP contribution in [0.4, 0.5) is 5.69 Å². The van der Waals surface area contributed by atoms with Crippen LogP contribution in [0.25, 0.3) is 23.0 Å². The van der Waals surface area contributed by atoms with Crippen LogP contribution in [0.1, 0.15) is 0 Å². The van der Waals surface area contributed by atoms with Crippen molar-refractivity contribution < 1.29 is 18.8 Å². The molecule has 0 N–H and O–H groups in total. The Morgan fingerprint density at radius 1 is 1.07 bits per heavy atom. The highest BCUT2D eigenvalue weighted by atomic mass is 16.7. The molecule has 0 saturated carbocycles. The number of hydrogen-bond donors (Lipinski definition) is 0. The highest BCUT2D eigenvalue weighted by molar-refractivity contribution is 5.92. The van der Waals surface area contributed by atoms with Crippen molar-refractivity contribution >= 4 is 11.6 Å². The molecule has 8 nitrogen and oxygen atoms in total. The number of rotatable bonds is 5. The standard InChI is InChI=1S/C22H18N4O4/c1-25(16-6-3-2-4-7-16)20(27)13-26-11-5-8-17(26)22-23-21(24-30-22)15-9-10-18-19(12-15)29-14-28-18/h2-12H,13-14H2,1H3. The summed E-state index contributed by atoms with van der Waals surface area (Å²) in [6, 6.07) is 18.7. The van der Waals surface area contributed by atoms with Gasteiger partial charge in [0.1, 0.15) is 12.2 Å². The number of para-hydroxylation sites is 1. The van der Waals surface area contributed by atoms with Crippen LogP contribution in [0.5, 0.6) is 11.5 Å². The first kappa shape index (κ1) is 18.0. The largest absolute Gasteiger partial charge is 0.454 e. The lowest BCUT2D eigenvalue weighted by atomic mass is 10.2. The summed E-state index contributed by atoms with van der Waals surface area (Å²) in [7, 11) is 1.76. The molecule has 30 heavy (non-hydrogen) atoms. The molecule has 1 aliphatic rings. The van der Waals surface area contributed by atoms with Crippen LogP contribution in [-0.4, -0.2) is 34.5 Å². The van der Waals surface area contributed by atoms with Gasteiger partial charge in [-0.25, -0.2) is 0 Å². The van der Waals surface area contributed by atoms with E-state index in [4.69, 9.17) is 14.0 Å². The molecule has 0 atom stereocenters. The second kappa shape index (κ2) is 7.40. The number of fused-ring (bicyclic) bond motifs is 1. The molecule has 0 aliphatic carbocycles. The molecule has 0 fully saturated rings. The Kier molecular flexibility index (Phi) is 4.44. The second-order valence-corrected chi connectivity index (χ2v) is 6.80. The topological polar surface area (TPSA) is 82.6 Å². The SMILES string of the molecule is CN(C(=O)Cn1cccc1-c1nc(-c2ccc3c(c2)OCO3)no1)c1ccccc1. The number of likely N-dealkylation sites (N-methyl/N-ethyl adjacent to an activating group) is 1. The van der Waals surface area contributed by atoms with Crippen LogP contribution in [0, 0.1) is 0 Å². The van der Waals surface area contributed by atoms with Gasteiger partial charge in [-0.05, 0) is 42.5 Å². The summed E-state index contributed by atoms with van der Waals surface area (Å²) >= 11 is 0. The molecule has 4 aromatic rings. The first-order valence-corrected chi connectivity index (χ1v) is 9.40. The van der Waals surface area contributed by atoms with E-state index >= 15 is 0 Å². The third kappa shape index (κ3) is 3.28. The third-order valence-electron chi connectivity index (χ3n) is 4.93. The highest BCUT2D eigenvalue weighted by Gasteiger charge is 2.19. The summed E-state index contributed by atoms with van der Waals surface area (Å²) < 4.78 is 18.0. The van der Waals surface area contributed by atoms with Gasteiger partial charge in [0, 0.05) is 24.5 Å². The molecule has 0 saturated heterocycles. The predicted octanol–water partition coefficient (Wildman–Crippen LogP) is 3.60. The van der Waals surface area contributed by atoms with E-state index in [1.807, 2.05) is 66.9 Å². The van der Waals surface area contributed by atoms with Gasteiger partial charge in [-0.1, -0.05) is 23.4 Å². The zero-order chi connectivity index (χ0) is 20.5. The van der Waals surface area contributed by atoms with Gasteiger partial charge in [-0.2, -0.15) is 4.98 Å². The van der Waals surface area contributed by atoms with Gasteiger partial charge in [0.25, 0.3) is 5.89 Å². The van der Waals surface area contributed by atoms with Gasteiger partial charge in [-0.3, -0.25) is 4.79 Å². The molecule has 8 heteroatoms. The lowest BCUT2D eigenvalue weighted by Crippen LogP contribution is -2.29. The van der Waals surface area contributed by atoms with Crippen molar-refractivity contribution in [3.63, 3.8) is 0 Å². The Bertz CT molecular complexity index is 1200. The van der Waals surface area contributed by atoms with Crippen molar-refractivity contribution in [1.29, 1.82) is 0 Å². The fourth-order valence-electron chi connectivity index (χ4n) is 3.27. The maximum atomic E-state index is 12.7. The molecular weight excluding hydrogens is 384 g/mol. The Balaban J connectivity index is 1.37. The maximum absolute atomic E-state index is 12.7. The fourth-order valence-corrected chi connectivity index (χ4v) is 3.27.